The maximum atomic E-state index is 11.5. The average Bonchev–Trinajstić information content (AvgIpc) is 3.20. The van der Waals surface area contributed by atoms with Gasteiger partial charge < -0.3 is 10.3 Å². The Balaban J connectivity index is 1.84. The number of nitrogens with one attached hydrogen (secondary N) is 2. The second-order valence-electron chi connectivity index (χ2n) is 5.20. The summed E-state index contributed by atoms with van der Waals surface area (Å²) in [5, 5.41) is 4.15. The average molecular weight is 366 g/mol. The molecule has 0 saturated heterocycles. The van der Waals surface area contributed by atoms with Crippen LogP contribution in [-0.4, -0.2) is 16.0 Å². The Bertz CT molecular complexity index is 712. The molecule has 1 heterocycles. The molecule has 1 aromatic heterocycles. The third kappa shape index (κ3) is 4.18. The molecule has 1 saturated carbocycles. The van der Waals surface area contributed by atoms with Gasteiger partial charge in [0.05, 0.1) is 0 Å². The Hall–Kier alpha value is -1.11. The fourth-order valence-electron chi connectivity index (χ4n) is 2.02. The van der Waals surface area contributed by atoms with Gasteiger partial charge in [0, 0.05) is 33.7 Å². The van der Waals surface area contributed by atoms with Crippen molar-refractivity contribution in [3.63, 3.8) is 0 Å². The van der Waals surface area contributed by atoms with Crippen molar-refractivity contribution in [2.75, 3.05) is 0 Å². The highest BCUT2D eigenvalue weighted by molar-refractivity contribution is 9.10. The summed E-state index contributed by atoms with van der Waals surface area (Å²) in [5.74, 6) is 0. The number of aromatic amines is 1. The molecule has 6 heteroatoms. The molecule has 21 heavy (non-hydrogen) atoms. The van der Waals surface area contributed by atoms with E-state index in [4.69, 9.17) is 0 Å². The van der Waals surface area contributed by atoms with Crippen LogP contribution in [0.4, 0.5) is 0 Å². The Morgan fingerprint density at radius 2 is 2.24 bits per heavy atom. The summed E-state index contributed by atoms with van der Waals surface area (Å²) in [5.41, 5.74) is 1.84. The molecule has 1 fully saturated rings. The highest BCUT2D eigenvalue weighted by atomic mass is 79.9. The lowest BCUT2D eigenvalue weighted by Crippen LogP contribution is -2.16. The topological polar surface area (TPSA) is 57.8 Å². The van der Waals surface area contributed by atoms with Gasteiger partial charge in [-0.05, 0) is 37.5 Å². The highest BCUT2D eigenvalue weighted by Gasteiger charge is 2.20. The van der Waals surface area contributed by atoms with E-state index in [0.717, 1.165) is 21.6 Å². The minimum atomic E-state index is -0.113. The number of H-pyrrole nitrogens is 1. The van der Waals surface area contributed by atoms with Crippen LogP contribution < -0.4 is 10.9 Å². The maximum absolute atomic E-state index is 11.5. The summed E-state index contributed by atoms with van der Waals surface area (Å²) in [7, 11) is 0. The number of rotatable bonds is 5. The summed E-state index contributed by atoms with van der Waals surface area (Å²) in [6.45, 7) is 2.67. The first kappa shape index (κ1) is 14.8. The fraction of sp³-hybridized carbons (Fsp3) is 0.333. The van der Waals surface area contributed by atoms with Crippen LogP contribution >= 0.6 is 27.7 Å². The zero-order valence-electron chi connectivity index (χ0n) is 11.6. The number of benzene rings is 1. The molecule has 2 N–H and O–H groups in total. The van der Waals surface area contributed by atoms with E-state index >= 15 is 0 Å². The lowest BCUT2D eigenvalue weighted by Gasteiger charge is -2.10. The van der Waals surface area contributed by atoms with E-state index in [-0.39, 0.29) is 5.56 Å². The quantitative estimate of drug-likeness (QED) is 0.798. The second-order valence-corrected chi connectivity index (χ2v) is 7.15. The van der Waals surface area contributed by atoms with Crippen molar-refractivity contribution >= 4 is 27.7 Å². The summed E-state index contributed by atoms with van der Waals surface area (Å²) >= 11 is 5.00. The number of halogens is 1. The number of nitrogens with zero attached hydrogens (tertiary/aromatic N) is 1. The molecular weight excluding hydrogens is 350 g/mol. The molecule has 1 aliphatic rings. The predicted molar refractivity (Wildman–Crippen MR) is 87.7 cm³/mol. The summed E-state index contributed by atoms with van der Waals surface area (Å²) in [6, 6.07) is 8.39. The molecule has 1 aliphatic carbocycles. The van der Waals surface area contributed by atoms with Crippen LogP contribution in [0.2, 0.25) is 0 Å². The highest BCUT2D eigenvalue weighted by Crippen LogP contribution is 2.31. The van der Waals surface area contributed by atoms with Gasteiger partial charge in [0.25, 0.3) is 5.56 Å². The molecule has 4 nitrogen and oxygen atoms in total. The Labute approximate surface area is 135 Å². The third-order valence-electron chi connectivity index (χ3n) is 3.24. The molecule has 2 aromatic rings. The fourth-order valence-corrected chi connectivity index (χ4v) is 3.53. The monoisotopic (exact) mass is 365 g/mol. The number of aromatic nitrogens is 2. The Morgan fingerprint density at radius 1 is 1.43 bits per heavy atom. The van der Waals surface area contributed by atoms with Gasteiger partial charge in [-0.1, -0.05) is 33.8 Å². The van der Waals surface area contributed by atoms with Crippen LogP contribution in [0.3, 0.4) is 0 Å². The van der Waals surface area contributed by atoms with E-state index < -0.39 is 0 Å². The van der Waals surface area contributed by atoms with Crippen LogP contribution in [0.5, 0.6) is 0 Å². The number of hydrogen-bond acceptors (Lipinski definition) is 4. The zero-order chi connectivity index (χ0) is 14.8. The molecule has 0 amide bonds. The molecule has 0 atom stereocenters. The first-order valence-electron chi connectivity index (χ1n) is 6.88. The van der Waals surface area contributed by atoms with Crippen molar-refractivity contribution in [3.8, 4) is 0 Å². The zero-order valence-corrected chi connectivity index (χ0v) is 14.1. The van der Waals surface area contributed by atoms with E-state index in [0.29, 0.717) is 11.2 Å². The number of aryl methyl sites for hydroxylation is 1. The van der Waals surface area contributed by atoms with E-state index in [1.165, 1.54) is 36.2 Å². The largest absolute Gasteiger partial charge is 0.310 e. The minimum absolute atomic E-state index is 0.113. The van der Waals surface area contributed by atoms with Gasteiger partial charge in [-0.3, -0.25) is 4.79 Å². The normalized spacial score (nSPS) is 14.4. The van der Waals surface area contributed by atoms with Crippen LogP contribution in [0.1, 0.15) is 24.1 Å². The van der Waals surface area contributed by atoms with E-state index in [1.54, 1.807) is 0 Å². The van der Waals surface area contributed by atoms with Crippen LogP contribution in [0.15, 0.2) is 43.6 Å². The van der Waals surface area contributed by atoms with Gasteiger partial charge in [0.2, 0.25) is 0 Å². The Kier molecular flexibility index (Phi) is 4.47. The molecule has 110 valence electrons. The summed E-state index contributed by atoms with van der Waals surface area (Å²) in [6.07, 6.45) is 2.54. The van der Waals surface area contributed by atoms with E-state index in [9.17, 15) is 4.79 Å². The van der Waals surface area contributed by atoms with Gasteiger partial charge >= 0.3 is 0 Å². The van der Waals surface area contributed by atoms with Gasteiger partial charge in [0.15, 0.2) is 5.16 Å². The molecule has 0 bridgehead atoms. The van der Waals surface area contributed by atoms with Gasteiger partial charge in [-0.25, -0.2) is 4.98 Å². The SMILES string of the molecule is Cc1cc(=O)[nH]c(Sc2cc(Br)ccc2CNC2CC2)n1. The third-order valence-corrected chi connectivity index (χ3v) is 4.72. The molecule has 0 aliphatic heterocycles. The summed E-state index contributed by atoms with van der Waals surface area (Å²) < 4.78 is 1.02. The minimum Gasteiger partial charge on any atom is -0.310 e. The molecule has 0 radical (unpaired) electrons. The Morgan fingerprint density at radius 3 is 2.95 bits per heavy atom. The van der Waals surface area contributed by atoms with Crippen LogP contribution in [0, 0.1) is 6.92 Å². The maximum Gasteiger partial charge on any atom is 0.251 e. The number of hydrogen-bond donors (Lipinski definition) is 2. The smallest absolute Gasteiger partial charge is 0.251 e. The lowest BCUT2D eigenvalue weighted by atomic mass is 10.2. The van der Waals surface area contributed by atoms with Crippen LogP contribution in [-0.2, 0) is 6.54 Å². The van der Waals surface area contributed by atoms with Crippen molar-refractivity contribution in [2.45, 2.75) is 42.4 Å². The molecule has 0 unspecified atom stereocenters. The van der Waals surface area contributed by atoms with E-state index in [2.05, 4.69) is 43.3 Å². The molecule has 1 aromatic carbocycles. The van der Waals surface area contributed by atoms with Gasteiger partial charge in [-0.2, -0.15) is 0 Å². The van der Waals surface area contributed by atoms with Gasteiger partial charge in [0.1, 0.15) is 0 Å². The van der Waals surface area contributed by atoms with E-state index in [1.807, 2.05) is 13.0 Å². The first-order chi connectivity index (χ1) is 10.1. The molecule has 3 rings (SSSR count). The molecule has 0 spiro atoms. The van der Waals surface area contributed by atoms with Crippen molar-refractivity contribution in [1.82, 2.24) is 15.3 Å². The molecular formula is C15H16BrN3OS. The predicted octanol–water partition coefficient (Wildman–Crippen LogP) is 3.24. The van der Waals surface area contributed by atoms with Crippen molar-refractivity contribution in [2.24, 2.45) is 0 Å². The van der Waals surface area contributed by atoms with Crippen LogP contribution in [0.25, 0.3) is 0 Å². The van der Waals surface area contributed by atoms with Crippen molar-refractivity contribution < 1.29 is 0 Å². The first-order valence-corrected chi connectivity index (χ1v) is 8.49. The van der Waals surface area contributed by atoms with Crippen molar-refractivity contribution in [1.29, 1.82) is 0 Å². The standard InChI is InChI=1S/C15H16BrN3OS/c1-9-6-14(20)19-15(18-9)21-13-7-11(16)3-2-10(13)8-17-12-4-5-12/h2-3,6-7,12,17H,4-5,8H2,1H3,(H,18,19,20). The van der Waals surface area contributed by atoms with Crippen molar-refractivity contribution in [3.05, 3.63) is 50.3 Å². The summed E-state index contributed by atoms with van der Waals surface area (Å²) in [4.78, 5) is 19.8. The lowest BCUT2D eigenvalue weighted by molar-refractivity contribution is 0.680. The second kappa shape index (κ2) is 6.34. The van der Waals surface area contributed by atoms with Gasteiger partial charge in [-0.15, -0.1) is 0 Å².